The second-order valence-corrected chi connectivity index (χ2v) is 10.3. The summed E-state index contributed by atoms with van der Waals surface area (Å²) in [5.74, 6) is 1.53. The third-order valence-corrected chi connectivity index (χ3v) is 7.76. The first kappa shape index (κ1) is 22.8. The van der Waals surface area contributed by atoms with Gasteiger partial charge >= 0.3 is 0 Å². The Morgan fingerprint density at radius 2 is 1.81 bits per heavy atom. The Labute approximate surface area is 205 Å². The zero-order valence-electron chi connectivity index (χ0n) is 19.0. The molecule has 0 spiro atoms. The molecule has 2 saturated heterocycles. The minimum atomic E-state index is -3.85. The molecule has 36 heavy (non-hydrogen) atoms. The molecule has 188 valence electrons. The number of carbonyl (C=O) groups is 1. The summed E-state index contributed by atoms with van der Waals surface area (Å²) in [6, 6.07) is 10.4. The second kappa shape index (κ2) is 8.81. The van der Waals surface area contributed by atoms with Crippen LogP contribution in [-0.4, -0.2) is 72.8 Å². The molecule has 14 heteroatoms. The van der Waals surface area contributed by atoms with Crippen molar-refractivity contribution in [2.75, 3.05) is 25.3 Å². The molecule has 0 bridgehead atoms. The lowest BCUT2D eigenvalue weighted by Crippen LogP contribution is -2.44. The molecule has 0 saturated carbocycles. The quantitative estimate of drug-likeness (QED) is 0.480. The van der Waals surface area contributed by atoms with Gasteiger partial charge in [0.15, 0.2) is 17.3 Å². The average molecular weight is 515 g/mol. The van der Waals surface area contributed by atoms with Crippen LogP contribution >= 0.6 is 0 Å². The summed E-state index contributed by atoms with van der Waals surface area (Å²) in [5.41, 5.74) is 1.25. The standard InChI is InChI=1S/C22H22N6O7S/c1-12(29)23-14-3-5-15(6-4-14)36(30,31)25-16-9-32-21-17(10-33-20(16)21)28-22(24-26-27-28)13-2-7-18-19(8-13)35-11-34-18/h2-8,16-17,20-21,25H,9-11H2,1H3,(H,23,29)/t16-,17-,20+,21+/m0/s1. The number of benzene rings is 2. The number of carbonyl (C=O) groups excluding carboxylic acids is 1. The zero-order chi connectivity index (χ0) is 24.9. The van der Waals surface area contributed by atoms with Crippen molar-refractivity contribution in [2.24, 2.45) is 0 Å². The highest BCUT2D eigenvalue weighted by Crippen LogP contribution is 2.38. The molecule has 3 aromatic rings. The Morgan fingerprint density at radius 1 is 1.03 bits per heavy atom. The fourth-order valence-electron chi connectivity index (χ4n) is 4.62. The molecular formula is C22H22N6O7S. The number of rotatable bonds is 6. The van der Waals surface area contributed by atoms with E-state index in [1.165, 1.54) is 31.2 Å². The number of nitrogens with one attached hydrogen (secondary N) is 2. The number of nitrogens with zero attached hydrogens (tertiary/aromatic N) is 4. The summed E-state index contributed by atoms with van der Waals surface area (Å²) < 4.78 is 53.1. The average Bonchev–Trinajstić information content (AvgIpc) is 3.63. The normalized spacial score (nSPS) is 24.6. The van der Waals surface area contributed by atoms with Crippen molar-refractivity contribution in [3.63, 3.8) is 0 Å². The van der Waals surface area contributed by atoms with Crippen LogP contribution in [0.5, 0.6) is 11.5 Å². The van der Waals surface area contributed by atoms with Gasteiger partial charge in [-0.1, -0.05) is 0 Å². The van der Waals surface area contributed by atoms with Crippen molar-refractivity contribution in [1.29, 1.82) is 0 Å². The van der Waals surface area contributed by atoms with Gasteiger partial charge in [0.1, 0.15) is 18.2 Å². The molecule has 4 heterocycles. The van der Waals surface area contributed by atoms with E-state index in [1.54, 1.807) is 10.7 Å². The molecule has 3 aliphatic heterocycles. The molecule has 1 aromatic heterocycles. The SMILES string of the molecule is CC(=O)Nc1ccc(S(=O)(=O)N[C@H]2CO[C@H]3[C@@H]2OC[C@@H]3n2nnnc2-c2ccc3c(c2)OCO3)cc1. The summed E-state index contributed by atoms with van der Waals surface area (Å²) >= 11 is 0. The zero-order valence-corrected chi connectivity index (χ0v) is 19.8. The van der Waals surface area contributed by atoms with Gasteiger partial charge in [-0.3, -0.25) is 4.79 Å². The monoisotopic (exact) mass is 514 g/mol. The van der Waals surface area contributed by atoms with E-state index in [-0.39, 0.29) is 36.9 Å². The van der Waals surface area contributed by atoms with Gasteiger partial charge in [0, 0.05) is 18.2 Å². The second-order valence-electron chi connectivity index (χ2n) is 8.61. The van der Waals surface area contributed by atoms with Gasteiger partial charge in [-0.05, 0) is 52.9 Å². The molecule has 2 N–H and O–H groups in total. The van der Waals surface area contributed by atoms with Crippen LogP contribution in [0.25, 0.3) is 11.4 Å². The van der Waals surface area contributed by atoms with Gasteiger partial charge in [0.05, 0.1) is 24.2 Å². The third-order valence-electron chi connectivity index (χ3n) is 6.26. The van der Waals surface area contributed by atoms with E-state index < -0.39 is 28.3 Å². The van der Waals surface area contributed by atoms with Crippen LogP contribution in [0.1, 0.15) is 13.0 Å². The van der Waals surface area contributed by atoms with Gasteiger partial charge < -0.3 is 24.3 Å². The van der Waals surface area contributed by atoms with E-state index in [4.69, 9.17) is 18.9 Å². The van der Waals surface area contributed by atoms with Crippen molar-refractivity contribution in [1.82, 2.24) is 24.9 Å². The Bertz CT molecular complexity index is 1410. The first-order valence-electron chi connectivity index (χ1n) is 11.2. The van der Waals surface area contributed by atoms with Crippen molar-refractivity contribution < 1.29 is 32.2 Å². The number of ether oxygens (including phenoxy) is 4. The number of fused-ring (bicyclic) bond motifs is 2. The molecule has 13 nitrogen and oxygen atoms in total. The van der Waals surface area contributed by atoms with Crippen LogP contribution < -0.4 is 19.5 Å². The number of hydrogen-bond acceptors (Lipinski definition) is 10. The van der Waals surface area contributed by atoms with Crippen LogP contribution in [0.4, 0.5) is 5.69 Å². The summed E-state index contributed by atoms with van der Waals surface area (Å²) in [6.45, 7) is 1.93. The van der Waals surface area contributed by atoms with Crippen molar-refractivity contribution in [3.8, 4) is 22.9 Å². The summed E-state index contributed by atoms with van der Waals surface area (Å²) in [6.07, 6.45) is -0.965. The van der Waals surface area contributed by atoms with Gasteiger partial charge in [0.25, 0.3) is 0 Å². The Balaban J connectivity index is 1.18. The summed E-state index contributed by atoms with van der Waals surface area (Å²) in [5, 5.41) is 14.8. The van der Waals surface area contributed by atoms with Crippen LogP contribution in [0.15, 0.2) is 47.4 Å². The van der Waals surface area contributed by atoms with E-state index in [0.717, 1.165) is 5.56 Å². The molecule has 0 aliphatic carbocycles. The Kier molecular flexibility index (Phi) is 5.59. The fraction of sp³-hybridized carbons (Fsp3) is 0.364. The molecule has 4 atom stereocenters. The van der Waals surface area contributed by atoms with E-state index >= 15 is 0 Å². The Hall–Kier alpha value is -3.59. The number of tetrazole rings is 1. The lowest BCUT2D eigenvalue weighted by molar-refractivity contribution is -0.114. The molecule has 1 amide bonds. The minimum absolute atomic E-state index is 0.0696. The minimum Gasteiger partial charge on any atom is -0.454 e. The molecule has 6 rings (SSSR count). The number of aromatic nitrogens is 4. The summed E-state index contributed by atoms with van der Waals surface area (Å²) in [4.78, 5) is 11.3. The topological polar surface area (TPSA) is 156 Å². The molecular weight excluding hydrogens is 492 g/mol. The maximum Gasteiger partial charge on any atom is 0.240 e. The number of sulfonamides is 1. The van der Waals surface area contributed by atoms with E-state index in [1.807, 2.05) is 12.1 Å². The van der Waals surface area contributed by atoms with E-state index in [2.05, 4.69) is 25.6 Å². The van der Waals surface area contributed by atoms with Gasteiger partial charge in [-0.25, -0.2) is 17.8 Å². The predicted molar refractivity (Wildman–Crippen MR) is 123 cm³/mol. The van der Waals surface area contributed by atoms with Gasteiger partial charge in [0.2, 0.25) is 22.7 Å². The molecule has 2 fully saturated rings. The smallest absolute Gasteiger partial charge is 0.240 e. The highest BCUT2D eigenvalue weighted by molar-refractivity contribution is 7.89. The maximum absolute atomic E-state index is 13.0. The van der Waals surface area contributed by atoms with E-state index in [0.29, 0.717) is 23.0 Å². The highest BCUT2D eigenvalue weighted by Gasteiger charge is 2.50. The van der Waals surface area contributed by atoms with E-state index in [9.17, 15) is 13.2 Å². The first-order chi connectivity index (χ1) is 17.4. The third kappa shape index (κ3) is 4.07. The molecule has 3 aliphatic rings. The number of anilines is 1. The van der Waals surface area contributed by atoms with Gasteiger partial charge in [-0.2, -0.15) is 0 Å². The number of hydrogen-bond donors (Lipinski definition) is 2. The predicted octanol–water partition coefficient (Wildman–Crippen LogP) is 0.713. The lowest BCUT2D eigenvalue weighted by atomic mass is 10.1. The van der Waals surface area contributed by atoms with Crippen LogP contribution in [0.3, 0.4) is 0 Å². The fourth-order valence-corrected chi connectivity index (χ4v) is 5.85. The van der Waals surface area contributed by atoms with Crippen LogP contribution in [0, 0.1) is 0 Å². The maximum atomic E-state index is 13.0. The molecule has 0 unspecified atom stereocenters. The van der Waals surface area contributed by atoms with Crippen molar-refractivity contribution in [3.05, 3.63) is 42.5 Å². The largest absolute Gasteiger partial charge is 0.454 e. The van der Waals surface area contributed by atoms with Crippen LogP contribution in [-0.2, 0) is 24.3 Å². The van der Waals surface area contributed by atoms with Crippen molar-refractivity contribution in [2.45, 2.75) is 36.1 Å². The lowest BCUT2D eigenvalue weighted by Gasteiger charge is -2.18. The first-order valence-corrected chi connectivity index (χ1v) is 12.7. The molecule has 0 radical (unpaired) electrons. The highest BCUT2D eigenvalue weighted by atomic mass is 32.2. The molecule has 2 aromatic carbocycles. The Morgan fingerprint density at radius 3 is 2.61 bits per heavy atom. The van der Waals surface area contributed by atoms with Gasteiger partial charge in [-0.15, -0.1) is 5.10 Å². The number of amides is 1. The van der Waals surface area contributed by atoms with Crippen molar-refractivity contribution >= 4 is 21.6 Å². The summed E-state index contributed by atoms with van der Waals surface area (Å²) in [7, 11) is -3.85. The van der Waals surface area contributed by atoms with Crippen LogP contribution in [0.2, 0.25) is 0 Å².